The molecule has 1 atom stereocenters. The summed E-state index contributed by atoms with van der Waals surface area (Å²) in [7, 11) is 2.89. The van der Waals surface area contributed by atoms with Crippen LogP contribution in [0.5, 0.6) is 11.5 Å². The quantitative estimate of drug-likeness (QED) is 0.312. The number of unbranched alkanes of at least 4 members (excludes halogenated alkanes) is 1. The Morgan fingerprint density at radius 3 is 2.62 bits per heavy atom. The maximum absolute atomic E-state index is 13.6. The smallest absolute Gasteiger partial charge is 0.338 e. The molecule has 0 radical (unpaired) electrons. The van der Waals surface area contributed by atoms with E-state index in [1.807, 2.05) is 54.6 Å². The van der Waals surface area contributed by atoms with Crippen LogP contribution < -0.4 is 24.4 Å². The Kier molecular flexibility index (Phi) is 8.40. The summed E-state index contributed by atoms with van der Waals surface area (Å²) in [5.74, 6) is 0.602. The number of esters is 1. The van der Waals surface area contributed by atoms with Gasteiger partial charge in [-0.05, 0) is 42.7 Å². The van der Waals surface area contributed by atoms with Crippen molar-refractivity contribution in [2.45, 2.75) is 32.7 Å². The van der Waals surface area contributed by atoms with Crippen molar-refractivity contribution in [1.29, 1.82) is 0 Å². The standard InChI is InChI=1S/C29H30N2O5S/c1-5-6-17-36-22-16-15-21(18-23(22)34-3)26-25(28(33)35-4)19(2)30-29-31(26)27(32)24(37-29)14-10-13-20-11-8-7-9-12-20/h7-16,18,26H,5-6,17H2,1-4H3. The molecule has 0 aliphatic carbocycles. The lowest BCUT2D eigenvalue weighted by molar-refractivity contribution is -0.136. The van der Waals surface area contributed by atoms with Crippen LogP contribution in [0, 0.1) is 0 Å². The number of nitrogens with zero attached hydrogens (tertiary/aromatic N) is 2. The first-order valence-electron chi connectivity index (χ1n) is 12.1. The molecule has 1 aliphatic rings. The van der Waals surface area contributed by atoms with Gasteiger partial charge < -0.3 is 14.2 Å². The van der Waals surface area contributed by atoms with Crippen molar-refractivity contribution >= 4 is 29.5 Å². The zero-order valence-corrected chi connectivity index (χ0v) is 22.2. The van der Waals surface area contributed by atoms with E-state index >= 15 is 0 Å². The molecule has 1 aromatic heterocycles. The lowest BCUT2D eigenvalue weighted by atomic mass is 9.95. The van der Waals surface area contributed by atoms with Crippen molar-refractivity contribution < 1.29 is 19.0 Å². The van der Waals surface area contributed by atoms with Gasteiger partial charge in [-0.25, -0.2) is 9.79 Å². The second kappa shape index (κ2) is 11.9. The van der Waals surface area contributed by atoms with Gasteiger partial charge in [0.1, 0.15) is 0 Å². The van der Waals surface area contributed by atoms with Gasteiger partial charge in [0, 0.05) is 0 Å². The Balaban J connectivity index is 1.82. The van der Waals surface area contributed by atoms with E-state index in [0.717, 1.165) is 18.4 Å². The molecule has 0 fully saturated rings. The second-order valence-electron chi connectivity index (χ2n) is 8.48. The number of benzene rings is 2. The average Bonchev–Trinajstić information content (AvgIpc) is 3.22. The summed E-state index contributed by atoms with van der Waals surface area (Å²) in [6, 6.07) is 14.6. The minimum absolute atomic E-state index is 0.234. The van der Waals surface area contributed by atoms with Crippen molar-refractivity contribution in [3.05, 3.63) is 96.7 Å². The predicted molar refractivity (Wildman–Crippen MR) is 146 cm³/mol. The Bertz CT molecular complexity index is 1520. The van der Waals surface area contributed by atoms with Crippen molar-refractivity contribution in [2.75, 3.05) is 20.8 Å². The highest BCUT2D eigenvalue weighted by molar-refractivity contribution is 7.07. The molecule has 0 bridgehead atoms. The van der Waals surface area contributed by atoms with Gasteiger partial charge in [-0.15, -0.1) is 0 Å². The molecule has 192 valence electrons. The summed E-state index contributed by atoms with van der Waals surface area (Å²) < 4.78 is 18.6. The molecule has 0 saturated heterocycles. The van der Waals surface area contributed by atoms with Gasteiger partial charge in [-0.2, -0.15) is 0 Å². The van der Waals surface area contributed by atoms with E-state index in [1.165, 1.54) is 18.4 Å². The van der Waals surface area contributed by atoms with Crippen molar-refractivity contribution in [3.8, 4) is 11.5 Å². The Morgan fingerprint density at radius 2 is 1.92 bits per heavy atom. The monoisotopic (exact) mass is 518 g/mol. The summed E-state index contributed by atoms with van der Waals surface area (Å²) in [5.41, 5.74) is 2.31. The maximum Gasteiger partial charge on any atom is 0.338 e. The molecular weight excluding hydrogens is 488 g/mol. The van der Waals surface area contributed by atoms with E-state index in [-0.39, 0.29) is 5.56 Å². The van der Waals surface area contributed by atoms with Crippen LogP contribution in [0.1, 0.15) is 43.9 Å². The minimum atomic E-state index is -0.720. The van der Waals surface area contributed by atoms with Crippen LogP contribution in [0.2, 0.25) is 0 Å². The zero-order chi connectivity index (χ0) is 26.4. The van der Waals surface area contributed by atoms with Crippen LogP contribution in [0.25, 0.3) is 12.2 Å². The van der Waals surface area contributed by atoms with Gasteiger partial charge in [-0.3, -0.25) is 9.36 Å². The summed E-state index contributed by atoms with van der Waals surface area (Å²) >= 11 is 1.28. The number of methoxy groups -OCH3 is 2. The minimum Gasteiger partial charge on any atom is -0.493 e. The SMILES string of the molecule is CCCCOc1ccc(C2C(C(=O)OC)=C(C)N=c3sc(=CC=Cc4ccccc4)c(=O)n32)cc1OC. The molecule has 1 aliphatic heterocycles. The number of carbonyl (C=O) groups is 1. The number of aromatic nitrogens is 1. The molecule has 0 spiro atoms. The highest BCUT2D eigenvalue weighted by Gasteiger charge is 2.33. The molecule has 2 heterocycles. The van der Waals surface area contributed by atoms with Crippen LogP contribution in [0.15, 0.2) is 75.7 Å². The fourth-order valence-corrected chi connectivity index (χ4v) is 5.13. The van der Waals surface area contributed by atoms with Crippen LogP contribution in [0.4, 0.5) is 0 Å². The van der Waals surface area contributed by atoms with Gasteiger partial charge in [0.2, 0.25) is 0 Å². The van der Waals surface area contributed by atoms with Crippen molar-refractivity contribution in [2.24, 2.45) is 4.99 Å². The Morgan fingerprint density at radius 1 is 1.14 bits per heavy atom. The molecule has 0 N–H and O–H groups in total. The molecule has 0 amide bonds. The number of rotatable bonds is 9. The first-order chi connectivity index (χ1) is 18.0. The summed E-state index contributed by atoms with van der Waals surface area (Å²) in [4.78, 5) is 31.6. The van der Waals surface area contributed by atoms with E-state index in [2.05, 4.69) is 11.9 Å². The van der Waals surface area contributed by atoms with Crippen LogP contribution in [0.3, 0.4) is 0 Å². The van der Waals surface area contributed by atoms with Crippen LogP contribution in [-0.4, -0.2) is 31.4 Å². The van der Waals surface area contributed by atoms with E-state index in [1.54, 1.807) is 30.7 Å². The molecule has 37 heavy (non-hydrogen) atoms. The third kappa shape index (κ3) is 5.59. The lowest BCUT2D eigenvalue weighted by Crippen LogP contribution is -2.39. The predicted octanol–water partition coefficient (Wildman–Crippen LogP) is 4.26. The van der Waals surface area contributed by atoms with E-state index in [9.17, 15) is 9.59 Å². The van der Waals surface area contributed by atoms with E-state index in [4.69, 9.17) is 14.2 Å². The Labute approximate surface area is 219 Å². The fraction of sp³-hybridized carbons (Fsp3) is 0.276. The summed E-state index contributed by atoms with van der Waals surface area (Å²) in [5, 5.41) is 0. The molecule has 3 aromatic rings. The maximum atomic E-state index is 13.6. The van der Waals surface area contributed by atoms with Gasteiger partial charge in [0.15, 0.2) is 16.3 Å². The summed E-state index contributed by atoms with van der Waals surface area (Å²) in [6.45, 7) is 4.43. The lowest BCUT2D eigenvalue weighted by Gasteiger charge is -2.25. The highest BCUT2D eigenvalue weighted by atomic mass is 32.1. The number of fused-ring (bicyclic) bond motifs is 1. The summed E-state index contributed by atoms with van der Waals surface area (Å²) in [6.07, 6.45) is 7.49. The average molecular weight is 519 g/mol. The largest absolute Gasteiger partial charge is 0.493 e. The zero-order valence-electron chi connectivity index (χ0n) is 21.4. The second-order valence-corrected chi connectivity index (χ2v) is 9.49. The molecule has 2 aromatic carbocycles. The first-order valence-corrected chi connectivity index (χ1v) is 12.9. The highest BCUT2D eigenvalue weighted by Crippen LogP contribution is 2.36. The van der Waals surface area contributed by atoms with Gasteiger partial charge in [0.05, 0.1) is 42.7 Å². The van der Waals surface area contributed by atoms with E-state index < -0.39 is 12.0 Å². The third-order valence-electron chi connectivity index (χ3n) is 6.02. The van der Waals surface area contributed by atoms with E-state index in [0.29, 0.717) is 44.3 Å². The number of thiazole rings is 1. The molecule has 4 rings (SSSR count). The Hall–Kier alpha value is -3.91. The topological polar surface area (TPSA) is 79.1 Å². The number of carbonyl (C=O) groups excluding carboxylic acids is 1. The van der Waals surface area contributed by atoms with Crippen molar-refractivity contribution in [3.63, 3.8) is 0 Å². The third-order valence-corrected chi connectivity index (χ3v) is 7.02. The molecule has 0 saturated carbocycles. The first kappa shape index (κ1) is 26.2. The molecule has 7 nitrogen and oxygen atoms in total. The number of allylic oxidation sites excluding steroid dienone is 2. The van der Waals surface area contributed by atoms with Gasteiger partial charge in [0.25, 0.3) is 5.56 Å². The number of hydrogen-bond donors (Lipinski definition) is 0. The van der Waals surface area contributed by atoms with Crippen molar-refractivity contribution in [1.82, 2.24) is 4.57 Å². The van der Waals surface area contributed by atoms with Crippen LogP contribution in [-0.2, 0) is 9.53 Å². The number of hydrogen-bond acceptors (Lipinski definition) is 7. The van der Waals surface area contributed by atoms with Gasteiger partial charge in [-0.1, -0.05) is 73.2 Å². The molecule has 8 heteroatoms. The van der Waals surface area contributed by atoms with Crippen LogP contribution >= 0.6 is 11.3 Å². The molecular formula is C29H30N2O5S. The fourth-order valence-electron chi connectivity index (χ4n) is 4.13. The van der Waals surface area contributed by atoms with Gasteiger partial charge >= 0.3 is 5.97 Å². The number of ether oxygens (including phenoxy) is 3. The molecule has 1 unspecified atom stereocenters. The normalized spacial score (nSPS) is 15.5.